The third-order valence-corrected chi connectivity index (χ3v) is 12.1. The summed E-state index contributed by atoms with van der Waals surface area (Å²) in [5, 5.41) is 61.4. The number of carbonyl (C=O) groups is 10. The molecule has 414 valence electrons. The SMILES string of the molecule is O=C(CCCC(=O)ON1C(=O)CCC1=O)NCCCC[C@H]1CNC(=O)c2ccc(c(=O)n2[O-])C(=O)NCCCN(C(=O)CC(=S)N[O-])CCCCN(C(=O)CC(=S)N[O-])CCCNC(=O)c2ccc(n([O-])c2=O)C(=O)N1. The van der Waals surface area contributed by atoms with E-state index in [1.54, 1.807) is 0 Å². The number of pyridine rings is 2. The number of thiocarbonyl (C=S) groups is 2. The zero-order valence-corrected chi connectivity index (χ0v) is 42.6. The van der Waals surface area contributed by atoms with Gasteiger partial charge < -0.3 is 82.5 Å². The van der Waals surface area contributed by atoms with E-state index in [0.717, 1.165) is 24.3 Å². The Balaban J connectivity index is 1.50. The van der Waals surface area contributed by atoms with Gasteiger partial charge in [-0.2, -0.15) is 0 Å². The van der Waals surface area contributed by atoms with Crippen molar-refractivity contribution in [3.8, 4) is 0 Å². The molecule has 9 amide bonds. The lowest BCUT2D eigenvalue weighted by atomic mass is 10.1. The van der Waals surface area contributed by atoms with E-state index in [9.17, 15) is 78.4 Å². The summed E-state index contributed by atoms with van der Waals surface area (Å²) >= 11 is 9.75. The van der Waals surface area contributed by atoms with Gasteiger partial charge in [0.25, 0.3) is 46.6 Å². The summed E-state index contributed by atoms with van der Waals surface area (Å²) in [5.41, 5.74) is -2.57. The molecule has 76 heavy (non-hydrogen) atoms. The first-order chi connectivity index (χ1) is 36.2. The molecule has 31 heteroatoms. The molecule has 7 N–H and O–H groups in total. The van der Waals surface area contributed by atoms with Crippen molar-refractivity contribution in [1.82, 2.24) is 61.9 Å². The van der Waals surface area contributed by atoms with Gasteiger partial charge >= 0.3 is 5.97 Å². The number of rotatable bonds is 14. The van der Waals surface area contributed by atoms with E-state index in [0.29, 0.717) is 17.9 Å². The van der Waals surface area contributed by atoms with Crippen molar-refractivity contribution in [2.45, 2.75) is 95.9 Å². The van der Waals surface area contributed by atoms with Crippen LogP contribution in [0, 0.1) is 20.8 Å². The van der Waals surface area contributed by atoms with E-state index in [1.165, 1.54) is 20.8 Å². The molecular weight excluding hydrogens is 1040 g/mol. The molecule has 6 heterocycles. The van der Waals surface area contributed by atoms with Gasteiger partial charge in [0.2, 0.25) is 17.7 Å². The van der Waals surface area contributed by atoms with Crippen LogP contribution in [0.3, 0.4) is 0 Å². The maximum atomic E-state index is 13.5. The van der Waals surface area contributed by atoms with Crippen molar-refractivity contribution in [1.29, 1.82) is 0 Å². The number of hydroxylamine groups is 4. The van der Waals surface area contributed by atoms with E-state index in [1.807, 2.05) is 0 Å². The Morgan fingerprint density at radius 3 is 1.61 bits per heavy atom. The largest absolute Gasteiger partial charge is 0.803 e. The fourth-order valence-corrected chi connectivity index (χ4v) is 7.82. The molecule has 4 bridgehead atoms. The first-order valence-electron chi connectivity index (χ1n) is 24.0. The van der Waals surface area contributed by atoms with Gasteiger partial charge in [-0.3, -0.25) is 52.7 Å². The number of hydrogen-bond donors (Lipinski definition) is 7. The van der Waals surface area contributed by atoms with E-state index >= 15 is 0 Å². The van der Waals surface area contributed by atoms with E-state index < -0.39 is 118 Å². The van der Waals surface area contributed by atoms with Gasteiger partial charge in [0.1, 0.15) is 22.5 Å². The summed E-state index contributed by atoms with van der Waals surface area (Å²) in [4.78, 5) is 160. The van der Waals surface area contributed by atoms with Crippen LogP contribution < -0.4 is 48.7 Å². The smallest absolute Gasteiger partial charge is 0.333 e. The summed E-state index contributed by atoms with van der Waals surface area (Å²) in [5.74, 6) is -7.89. The van der Waals surface area contributed by atoms with Gasteiger partial charge in [-0.1, -0.05) is 24.4 Å². The van der Waals surface area contributed by atoms with Crippen molar-refractivity contribution in [3.63, 3.8) is 0 Å². The second-order valence-corrected chi connectivity index (χ2v) is 18.2. The normalized spacial score (nSPS) is 16.7. The molecule has 29 nitrogen and oxygen atoms in total. The first kappa shape index (κ1) is 60.7. The highest BCUT2D eigenvalue weighted by Gasteiger charge is 2.33. The summed E-state index contributed by atoms with van der Waals surface area (Å²) in [6, 6.07) is 2.67. The van der Waals surface area contributed by atoms with Gasteiger partial charge in [-0.05, 0) is 75.6 Å². The number of amides is 9. The molecule has 0 spiro atoms. The summed E-state index contributed by atoms with van der Waals surface area (Å²) in [7, 11) is 0. The summed E-state index contributed by atoms with van der Waals surface area (Å²) < 4.78 is -0.632. The third kappa shape index (κ3) is 18.5. The van der Waals surface area contributed by atoms with Gasteiger partial charge in [-0.25, -0.2) is 4.79 Å². The van der Waals surface area contributed by atoms with Crippen LogP contribution in [0.1, 0.15) is 132 Å². The van der Waals surface area contributed by atoms with E-state index in [4.69, 9.17) is 29.3 Å². The number of nitrogens with one attached hydrogen (secondary N) is 7. The van der Waals surface area contributed by atoms with Crippen LogP contribution in [0.4, 0.5) is 0 Å². The van der Waals surface area contributed by atoms with E-state index in [2.05, 4.69) is 26.6 Å². The second-order valence-electron chi connectivity index (χ2n) is 17.2. The zero-order chi connectivity index (χ0) is 55.9. The van der Waals surface area contributed by atoms with Gasteiger partial charge in [-0.15, -0.1) is 5.06 Å². The summed E-state index contributed by atoms with van der Waals surface area (Å²) in [6.07, 6.45) is 0.00549. The number of nitrogens with zero attached hydrogens (tertiary/aromatic N) is 5. The Kier molecular flexibility index (Phi) is 24.3. The zero-order valence-electron chi connectivity index (χ0n) is 40.9. The monoisotopic (exact) mass is 1100 g/mol. The van der Waals surface area contributed by atoms with Crippen molar-refractivity contribution >= 4 is 93.5 Å². The molecule has 0 saturated carbocycles. The molecule has 2 aromatic rings. The number of fused-ring (bicyclic) bond motifs is 2. The lowest BCUT2D eigenvalue weighted by Gasteiger charge is -2.26. The Labute approximate surface area is 443 Å². The minimum atomic E-state index is -1.40. The van der Waals surface area contributed by atoms with Crippen LogP contribution >= 0.6 is 24.4 Å². The first-order valence-corrected chi connectivity index (χ1v) is 24.8. The average molecular weight is 1100 g/mol. The average Bonchev–Trinajstić information content (AvgIpc) is 3.70. The minimum absolute atomic E-state index is 0.0171. The van der Waals surface area contributed by atoms with Crippen LogP contribution in [0.5, 0.6) is 0 Å². The van der Waals surface area contributed by atoms with Crippen molar-refractivity contribution < 1.29 is 52.8 Å². The predicted molar refractivity (Wildman–Crippen MR) is 274 cm³/mol. The molecule has 0 aliphatic carbocycles. The number of imide groups is 1. The molecule has 0 aromatic carbocycles. The van der Waals surface area contributed by atoms with Gasteiger partial charge in [0, 0.05) is 84.1 Å². The topological polar surface area (TPSA) is 410 Å². The Hall–Kier alpha value is -7.90. The number of unbranched alkanes of at least 4 members (excludes halogenated alkanes) is 1. The molecule has 4 aliphatic heterocycles. The van der Waals surface area contributed by atoms with Gasteiger partial charge in [0.05, 0.1) is 22.8 Å². The quantitative estimate of drug-likeness (QED) is 0.0495. The van der Waals surface area contributed by atoms with Crippen LogP contribution in [0.2, 0.25) is 0 Å². The maximum absolute atomic E-state index is 13.5. The number of hydrogen-bond acceptors (Lipinski definition) is 19. The number of carbonyl (C=O) groups excluding carboxylic acids is 10. The Morgan fingerprint density at radius 2 is 1.11 bits per heavy atom. The maximum Gasteiger partial charge on any atom is 0.333 e. The highest BCUT2D eigenvalue weighted by molar-refractivity contribution is 7.80. The van der Waals surface area contributed by atoms with Gasteiger partial charge in [0.15, 0.2) is 0 Å². The molecule has 0 unspecified atom stereocenters. The standard InChI is InChI=1S/C45H56N12O17S2/c58-32(9-5-10-39(63)74-57-35(59)15-16-36(57)60)46-17-2-1-8-27-26-49-42(66)30-13-11-28(44(68)55(30)72)40(64)47-18-6-22-53(37(61)24-33(75)51-70)20-3-4-21-54(38(62)25-34(76)52-71)23-7-19-48-41(65)29-12-14-31(43(67)50-27)56(73)45(29)69/h11-14,27H,1-10,15-26H2,(H7-2,46,47,48,49,50,51,52,58,64,65,66,67,68,69,70,71,75,76)/q-4/t27-/m0/s1. The third-order valence-electron chi connectivity index (χ3n) is 11.6. The fourth-order valence-electron chi connectivity index (χ4n) is 7.58. The number of aromatic nitrogens is 2. The predicted octanol–water partition coefficient (Wildman–Crippen LogP) is -1.41. The van der Waals surface area contributed by atoms with Crippen molar-refractivity contribution in [2.24, 2.45) is 0 Å². The molecule has 6 rings (SSSR count). The fraction of sp³-hybridized carbons (Fsp3) is 0.511. The molecule has 1 fully saturated rings. The van der Waals surface area contributed by atoms with Crippen LogP contribution in [0.25, 0.3) is 0 Å². The van der Waals surface area contributed by atoms with Crippen LogP contribution in [0.15, 0.2) is 33.9 Å². The van der Waals surface area contributed by atoms with Crippen LogP contribution in [-0.2, 0) is 33.6 Å². The minimum Gasteiger partial charge on any atom is -0.803 e. The van der Waals surface area contributed by atoms with Crippen molar-refractivity contribution in [3.05, 3.63) is 88.3 Å². The molecule has 1 atom stereocenters. The second kappa shape index (κ2) is 30.5. The van der Waals surface area contributed by atoms with Crippen molar-refractivity contribution in [2.75, 3.05) is 52.4 Å². The summed E-state index contributed by atoms with van der Waals surface area (Å²) in [6.45, 7) is -0.349. The molecule has 4 aliphatic rings. The van der Waals surface area contributed by atoms with Crippen LogP contribution in [-0.4, -0.2) is 152 Å². The Bertz CT molecular complexity index is 2650. The molecule has 2 aromatic heterocycles. The molecular formula is C45H56N12O17S2-4. The lowest BCUT2D eigenvalue weighted by Crippen LogP contribution is -2.46. The highest BCUT2D eigenvalue weighted by atomic mass is 32.1. The highest BCUT2D eigenvalue weighted by Crippen LogP contribution is 2.14. The lowest BCUT2D eigenvalue weighted by molar-refractivity contribution is -0.197. The van der Waals surface area contributed by atoms with E-state index in [-0.39, 0.29) is 129 Å². The molecule has 0 radical (unpaired) electrons. The Morgan fingerprint density at radius 1 is 0.618 bits per heavy atom. The molecule has 1 saturated heterocycles.